The van der Waals surface area contributed by atoms with E-state index in [1.165, 1.54) is 25.3 Å². The predicted molar refractivity (Wildman–Crippen MR) is 68.7 cm³/mol. The van der Waals surface area contributed by atoms with E-state index < -0.39 is 11.9 Å². The van der Waals surface area contributed by atoms with Crippen molar-refractivity contribution >= 4 is 5.91 Å². The molecule has 5 heteroatoms. The second-order valence-corrected chi connectivity index (χ2v) is 3.86. The molecule has 0 aliphatic rings. The van der Waals surface area contributed by atoms with Gasteiger partial charge in [0.15, 0.2) is 0 Å². The summed E-state index contributed by atoms with van der Waals surface area (Å²) in [6, 6.07) is 4.33. The monoisotopic (exact) mass is 265 g/mol. The van der Waals surface area contributed by atoms with Crippen molar-refractivity contribution in [2.24, 2.45) is 0 Å². The molecule has 2 N–H and O–H groups in total. The molecule has 0 aliphatic heterocycles. The lowest BCUT2D eigenvalue weighted by atomic mass is 10.1. The van der Waals surface area contributed by atoms with Gasteiger partial charge in [0, 0.05) is 24.8 Å². The largest absolute Gasteiger partial charge is 0.384 e. The third-order valence-corrected chi connectivity index (χ3v) is 2.53. The maximum absolute atomic E-state index is 13.5. The third-order valence-electron chi connectivity index (χ3n) is 2.53. The van der Waals surface area contributed by atoms with Crippen molar-refractivity contribution in [3.8, 4) is 11.8 Å². The minimum absolute atomic E-state index is 0.0625. The zero-order valence-electron chi connectivity index (χ0n) is 10.9. The van der Waals surface area contributed by atoms with Crippen LogP contribution in [-0.4, -0.2) is 30.8 Å². The van der Waals surface area contributed by atoms with Crippen LogP contribution in [-0.2, 0) is 16.1 Å². The molecule has 1 atom stereocenters. The Bertz CT molecular complexity index is 505. The van der Waals surface area contributed by atoms with Crippen LogP contribution in [0.2, 0.25) is 0 Å². The number of benzene rings is 1. The van der Waals surface area contributed by atoms with Gasteiger partial charge in [-0.05, 0) is 25.1 Å². The van der Waals surface area contributed by atoms with Gasteiger partial charge in [-0.25, -0.2) is 4.39 Å². The van der Waals surface area contributed by atoms with Gasteiger partial charge >= 0.3 is 0 Å². The molecule has 0 radical (unpaired) electrons. The maximum Gasteiger partial charge on any atom is 0.249 e. The first kappa shape index (κ1) is 15.2. The summed E-state index contributed by atoms with van der Waals surface area (Å²) >= 11 is 0. The van der Waals surface area contributed by atoms with E-state index in [9.17, 15) is 9.18 Å². The van der Waals surface area contributed by atoms with Gasteiger partial charge in [-0.3, -0.25) is 4.79 Å². The Morgan fingerprint density at radius 2 is 2.32 bits per heavy atom. The molecule has 0 bridgehead atoms. The van der Waals surface area contributed by atoms with Crippen LogP contribution in [0.5, 0.6) is 0 Å². The number of hydrogen-bond acceptors (Lipinski definition) is 3. The van der Waals surface area contributed by atoms with Crippen LogP contribution < -0.4 is 5.32 Å². The smallest absolute Gasteiger partial charge is 0.249 e. The fourth-order valence-electron chi connectivity index (χ4n) is 1.36. The molecule has 1 rings (SSSR count). The van der Waals surface area contributed by atoms with Crippen molar-refractivity contribution in [1.29, 1.82) is 0 Å². The average molecular weight is 265 g/mol. The Kier molecular flexibility index (Phi) is 6.00. The van der Waals surface area contributed by atoms with Gasteiger partial charge in [-0.15, -0.1) is 0 Å². The first-order valence-electron chi connectivity index (χ1n) is 5.77. The van der Waals surface area contributed by atoms with Crippen LogP contribution in [0.1, 0.15) is 18.1 Å². The molecular formula is C14H16FNO3. The van der Waals surface area contributed by atoms with E-state index in [1.807, 2.05) is 0 Å². The summed E-state index contributed by atoms with van der Waals surface area (Å²) in [6.45, 7) is 1.41. The van der Waals surface area contributed by atoms with Crippen LogP contribution in [0.15, 0.2) is 18.2 Å². The second-order valence-electron chi connectivity index (χ2n) is 3.86. The highest BCUT2D eigenvalue weighted by atomic mass is 19.1. The number of halogens is 1. The highest BCUT2D eigenvalue weighted by Crippen LogP contribution is 2.10. The number of carbonyl (C=O) groups is 1. The number of hydrogen-bond donors (Lipinski definition) is 2. The van der Waals surface area contributed by atoms with Crippen molar-refractivity contribution in [3.05, 3.63) is 35.1 Å². The summed E-state index contributed by atoms with van der Waals surface area (Å²) in [6.07, 6.45) is -0.583. The van der Waals surface area contributed by atoms with Crippen LogP contribution in [0.25, 0.3) is 0 Å². The number of ether oxygens (including phenoxy) is 1. The minimum atomic E-state index is -0.583. The van der Waals surface area contributed by atoms with Crippen LogP contribution in [0, 0.1) is 17.7 Å². The van der Waals surface area contributed by atoms with E-state index in [1.54, 1.807) is 6.92 Å². The first-order chi connectivity index (χ1) is 9.08. The van der Waals surface area contributed by atoms with E-state index in [4.69, 9.17) is 9.84 Å². The zero-order valence-corrected chi connectivity index (χ0v) is 10.9. The van der Waals surface area contributed by atoms with Gasteiger partial charge in [0.05, 0.1) is 0 Å². The van der Waals surface area contributed by atoms with Crippen LogP contribution in [0.4, 0.5) is 4.39 Å². The summed E-state index contributed by atoms with van der Waals surface area (Å²) < 4.78 is 18.4. The topological polar surface area (TPSA) is 58.6 Å². The fourth-order valence-corrected chi connectivity index (χ4v) is 1.36. The third kappa shape index (κ3) is 4.70. The molecule has 19 heavy (non-hydrogen) atoms. The lowest BCUT2D eigenvalue weighted by Crippen LogP contribution is -2.33. The molecule has 0 aliphatic carbocycles. The van der Waals surface area contributed by atoms with E-state index in [2.05, 4.69) is 17.2 Å². The fraction of sp³-hybridized carbons (Fsp3) is 0.357. The SMILES string of the molecule is COC(C)C(=O)NCc1cc(C#CCO)ccc1F. The van der Waals surface area contributed by atoms with Crippen molar-refractivity contribution in [1.82, 2.24) is 5.32 Å². The first-order valence-corrected chi connectivity index (χ1v) is 5.77. The van der Waals surface area contributed by atoms with Gasteiger partial charge in [0.1, 0.15) is 18.5 Å². The van der Waals surface area contributed by atoms with Crippen LogP contribution in [0.3, 0.4) is 0 Å². The molecule has 0 heterocycles. The predicted octanol–water partition coefficient (Wildman–Crippen LogP) is 0.821. The minimum Gasteiger partial charge on any atom is -0.384 e. The van der Waals surface area contributed by atoms with E-state index >= 15 is 0 Å². The van der Waals surface area contributed by atoms with Crippen molar-refractivity contribution < 1.29 is 19.0 Å². The Labute approximate surface area is 111 Å². The van der Waals surface area contributed by atoms with Gasteiger partial charge in [-0.1, -0.05) is 11.8 Å². The number of carbonyl (C=O) groups excluding carboxylic acids is 1. The molecule has 0 aromatic heterocycles. The molecule has 0 spiro atoms. The van der Waals surface area contributed by atoms with Crippen molar-refractivity contribution in [2.75, 3.05) is 13.7 Å². The molecule has 1 aromatic rings. The number of nitrogens with one attached hydrogen (secondary N) is 1. The van der Waals surface area contributed by atoms with Gasteiger partial charge in [-0.2, -0.15) is 0 Å². The Hall–Kier alpha value is -1.90. The van der Waals surface area contributed by atoms with E-state index in [0.717, 1.165) is 0 Å². The highest BCUT2D eigenvalue weighted by molar-refractivity contribution is 5.80. The molecule has 4 nitrogen and oxygen atoms in total. The maximum atomic E-state index is 13.5. The molecule has 1 unspecified atom stereocenters. The molecule has 1 amide bonds. The normalized spacial score (nSPS) is 11.4. The highest BCUT2D eigenvalue weighted by Gasteiger charge is 2.11. The van der Waals surface area contributed by atoms with E-state index in [0.29, 0.717) is 11.1 Å². The standard InChI is InChI=1S/C14H16FNO3/c1-10(19-2)14(18)16-9-12-8-11(4-3-7-17)5-6-13(12)15/h5-6,8,10,17H,7,9H2,1-2H3,(H,16,18). The quantitative estimate of drug-likeness (QED) is 0.792. The van der Waals surface area contributed by atoms with Crippen molar-refractivity contribution in [3.63, 3.8) is 0 Å². The Balaban J connectivity index is 2.74. The molecule has 102 valence electrons. The second kappa shape index (κ2) is 7.52. The Morgan fingerprint density at radius 3 is 2.95 bits per heavy atom. The number of methoxy groups -OCH3 is 1. The van der Waals surface area contributed by atoms with Crippen LogP contribution >= 0.6 is 0 Å². The molecule has 0 saturated heterocycles. The zero-order chi connectivity index (χ0) is 14.3. The summed E-state index contributed by atoms with van der Waals surface area (Å²) in [5.74, 6) is 4.43. The van der Waals surface area contributed by atoms with Gasteiger partial charge < -0.3 is 15.2 Å². The molecular weight excluding hydrogens is 249 g/mol. The number of aliphatic hydroxyl groups is 1. The summed E-state index contributed by atoms with van der Waals surface area (Å²) in [4.78, 5) is 11.5. The summed E-state index contributed by atoms with van der Waals surface area (Å²) in [5.41, 5.74) is 0.917. The summed E-state index contributed by atoms with van der Waals surface area (Å²) in [5, 5.41) is 11.2. The van der Waals surface area contributed by atoms with Gasteiger partial charge in [0.25, 0.3) is 0 Å². The lowest BCUT2D eigenvalue weighted by Gasteiger charge is -2.11. The van der Waals surface area contributed by atoms with Crippen molar-refractivity contribution in [2.45, 2.75) is 19.6 Å². The summed E-state index contributed by atoms with van der Waals surface area (Å²) in [7, 11) is 1.43. The number of amides is 1. The Morgan fingerprint density at radius 1 is 1.58 bits per heavy atom. The van der Waals surface area contributed by atoms with Gasteiger partial charge in [0.2, 0.25) is 5.91 Å². The molecule has 1 aromatic carbocycles. The number of rotatable bonds is 4. The van der Waals surface area contributed by atoms with E-state index in [-0.39, 0.29) is 19.1 Å². The molecule has 0 saturated carbocycles. The number of aliphatic hydroxyl groups excluding tert-OH is 1. The average Bonchev–Trinajstić information content (AvgIpc) is 2.43. The molecule has 0 fully saturated rings. The lowest BCUT2D eigenvalue weighted by molar-refractivity contribution is -0.130.